The lowest BCUT2D eigenvalue weighted by molar-refractivity contribution is -0.131. The number of hydrogen-bond donors (Lipinski definition) is 0. The minimum Gasteiger partial charge on any atom is -0.489 e. The Hall–Kier alpha value is -3.18. The van der Waals surface area contributed by atoms with Crippen molar-refractivity contribution in [2.75, 3.05) is 26.2 Å². The fourth-order valence-corrected chi connectivity index (χ4v) is 5.80. The molecule has 3 aromatic rings. The van der Waals surface area contributed by atoms with Crippen molar-refractivity contribution in [3.63, 3.8) is 0 Å². The third-order valence-corrected chi connectivity index (χ3v) is 8.11. The molecule has 0 aromatic heterocycles. The average molecular weight is 515 g/mol. The van der Waals surface area contributed by atoms with Gasteiger partial charge in [0.2, 0.25) is 5.91 Å². The number of alkyl halides is 1. The molecule has 2 heterocycles. The van der Waals surface area contributed by atoms with Crippen LogP contribution in [0.4, 0.5) is 4.39 Å². The minimum atomic E-state index is -0.877. The summed E-state index contributed by atoms with van der Waals surface area (Å²) in [6.45, 7) is 6.38. The van der Waals surface area contributed by atoms with Gasteiger partial charge in [0.25, 0.3) is 0 Å². The number of nitrogens with zero attached hydrogens (tertiary/aromatic N) is 2. The molecule has 1 unspecified atom stereocenters. The second-order valence-electron chi connectivity index (χ2n) is 10.9. The molecule has 0 aliphatic carbocycles. The molecule has 5 heteroatoms. The van der Waals surface area contributed by atoms with Gasteiger partial charge in [-0.2, -0.15) is 0 Å². The molecule has 2 aliphatic rings. The van der Waals surface area contributed by atoms with Crippen LogP contribution in [0, 0.1) is 12.8 Å². The SMILES string of the molecule is Cc1ccc(CN2CCC(CCCN3CC[C@H](c4ccc(OCc5ccccc5)cc4)[C@@H](F)C3)C2=O)cc1. The van der Waals surface area contributed by atoms with Crippen LogP contribution in [0.2, 0.25) is 0 Å². The summed E-state index contributed by atoms with van der Waals surface area (Å²) in [5.74, 6) is 1.14. The summed E-state index contributed by atoms with van der Waals surface area (Å²) >= 11 is 0. The molecule has 0 spiro atoms. The molecular weight excluding hydrogens is 475 g/mol. The largest absolute Gasteiger partial charge is 0.489 e. The van der Waals surface area contributed by atoms with Crippen molar-refractivity contribution in [2.45, 2.75) is 57.8 Å². The quantitative estimate of drug-likeness (QED) is 0.308. The van der Waals surface area contributed by atoms with Crippen LogP contribution in [0.25, 0.3) is 0 Å². The molecule has 3 aromatic carbocycles. The molecule has 1 amide bonds. The molecule has 3 atom stereocenters. The highest BCUT2D eigenvalue weighted by Crippen LogP contribution is 2.32. The van der Waals surface area contributed by atoms with E-state index in [1.54, 1.807) is 0 Å². The Kier molecular flexibility index (Phi) is 8.75. The van der Waals surface area contributed by atoms with Crippen LogP contribution in [0.3, 0.4) is 0 Å². The summed E-state index contributed by atoms with van der Waals surface area (Å²) in [5.41, 5.74) is 4.61. The van der Waals surface area contributed by atoms with Crippen molar-refractivity contribution in [1.29, 1.82) is 0 Å². The number of hydrogen-bond acceptors (Lipinski definition) is 3. The Morgan fingerprint density at radius 2 is 1.66 bits per heavy atom. The van der Waals surface area contributed by atoms with Gasteiger partial charge in [-0.3, -0.25) is 4.79 Å². The second-order valence-corrected chi connectivity index (χ2v) is 10.9. The van der Waals surface area contributed by atoms with E-state index in [1.165, 1.54) is 11.1 Å². The van der Waals surface area contributed by atoms with Crippen molar-refractivity contribution < 1.29 is 13.9 Å². The highest BCUT2D eigenvalue weighted by atomic mass is 19.1. The lowest BCUT2D eigenvalue weighted by Crippen LogP contribution is -2.41. The van der Waals surface area contributed by atoms with E-state index in [2.05, 4.69) is 36.1 Å². The molecule has 0 radical (unpaired) electrons. The van der Waals surface area contributed by atoms with Crippen LogP contribution in [0.15, 0.2) is 78.9 Å². The van der Waals surface area contributed by atoms with E-state index in [0.29, 0.717) is 19.7 Å². The molecule has 38 heavy (non-hydrogen) atoms. The summed E-state index contributed by atoms with van der Waals surface area (Å²) in [4.78, 5) is 17.1. The van der Waals surface area contributed by atoms with Gasteiger partial charge in [0.15, 0.2) is 0 Å². The molecule has 200 valence electrons. The number of amides is 1. The van der Waals surface area contributed by atoms with Gasteiger partial charge in [0, 0.05) is 31.5 Å². The summed E-state index contributed by atoms with van der Waals surface area (Å²) < 4.78 is 21.1. The highest BCUT2D eigenvalue weighted by Gasteiger charge is 2.33. The average Bonchev–Trinajstić information content (AvgIpc) is 3.28. The molecule has 4 nitrogen and oxygen atoms in total. The summed E-state index contributed by atoms with van der Waals surface area (Å²) in [7, 11) is 0. The predicted octanol–water partition coefficient (Wildman–Crippen LogP) is 6.53. The van der Waals surface area contributed by atoms with Gasteiger partial charge in [-0.1, -0.05) is 72.3 Å². The molecule has 5 rings (SSSR count). The first-order chi connectivity index (χ1) is 18.5. The fraction of sp³-hybridized carbons (Fsp3) is 0.424. The number of rotatable bonds is 10. The normalized spacial score (nSPS) is 22.1. The van der Waals surface area contributed by atoms with E-state index in [0.717, 1.165) is 62.2 Å². The molecule has 0 N–H and O–H groups in total. The molecule has 2 aliphatic heterocycles. The van der Waals surface area contributed by atoms with E-state index in [1.807, 2.05) is 59.5 Å². The van der Waals surface area contributed by atoms with Gasteiger partial charge in [-0.25, -0.2) is 4.39 Å². The highest BCUT2D eigenvalue weighted by molar-refractivity contribution is 5.80. The Bertz CT molecular complexity index is 1170. The molecule has 0 saturated carbocycles. The number of aryl methyl sites for hydroxylation is 1. The van der Waals surface area contributed by atoms with Crippen LogP contribution in [0.1, 0.15) is 53.9 Å². The van der Waals surface area contributed by atoms with Crippen molar-refractivity contribution in [2.24, 2.45) is 5.92 Å². The van der Waals surface area contributed by atoms with Gasteiger partial charge < -0.3 is 14.5 Å². The maximum absolute atomic E-state index is 15.2. The Morgan fingerprint density at radius 3 is 2.39 bits per heavy atom. The maximum Gasteiger partial charge on any atom is 0.226 e. The lowest BCUT2D eigenvalue weighted by Gasteiger charge is -2.35. The van der Waals surface area contributed by atoms with Gasteiger partial charge in [-0.15, -0.1) is 0 Å². The van der Waals surface area contributed by atoms with Gasteiger partial charge in [0.1, 0.15) is 18.5 Å². The van der Waals surface area contributed by atoms with Gasteiger partial charge in [0.05, 0.1) is 0 Å². The van der Waals surface area contributed by atoms with Crippen molar-refractivity contribution >= 4 is 5.91 Å². The van der Waals surface area contributed by atoms with Crippen LogP contribution in [0.5, 0.6) is 5.75 Å². The summed E-state index contributed by atoms with van der Waals surface area (Å²) in [6, 6.07) is 26.5. The third-order valence-electron chi connectivity index (χ3n) is 8.11. The van der Waals surface area contributed by atoms with Crippen LogP contribution in [-0.4, -0.2) is 48.1 Å². The Labute approximate surface area is 226 Å². The van der Waals surface area contributed by atoms with Crippen molar-refractivity contribution in [3.8, 4) is 5.75 Å². The van der Waals surface area contributed by atoms with E-state index in [4.69, 9.17) is 4.74 Å². The zero-order chi connectivity index (χ0) is 26.3. The zero-order valence-electron chi connectivity index (χ0n) is 22.4. The first kappa shape index (κ1) is 26.4. The number of carbonyl (C=O) groups excluding carboxylic acids is 1. The zero-order valence-corrected chi connectivity index (χ0v) is 22.4. The first-order valence-corrected chi connectivity index (χ1v) is 14.0. The summed E-state index contributed by atoms with van der Waals surface area (Å²) in [6.07, 6.45) is 2.71. The van der Waals surface area contributed by atoms with Gasteiger partial charge >= 0.3 is 0 Å². The first-order valence-electron chi connectivity index (χ1n) is 14.0. The number of ether oxygens (including phenoxy) is 1. The monoisotopic (exact) mass is 514 g/mol. The number of halogens is 1. The Balaban J connectivity index is 1.03. The fourth-order valence-electron chi connectivity index (χ4n) is 5.80. The Morgan fingerprint density at radius 1 is 0.895 bits per heavy atom. The number of likely N-dealkylation sites (tertiary alicyclic amines) is 2. The smallest absolute Gasteiger partial charge is 0.226 e. The topological polar surface area (TPSA) is 32.8 Å². The standard InChI is InChI=1S/C33H39FN2O2/c1-25-9-11-26(12-10-25)22-36-21-17-29(33(36)37)8-5-19-35-20-18-31(32(34)23-35)28-13-15-30(16-14-28)38-24-27-6-3-2-4-7-27/h2-4,6-7,9-16,29,31-32H,5,8,17-24H2,1H3/t29?,31-,32+/m1/s1. The maximum atomic E-state index is 15.2. The van der Waals surface area contributed by atoms with E-state index < -0.39 is 6.17 Å². The molecule has 0 bridgehead atoms. The minimum absolute atomic E-state index is 0.0684. The lowest BCUT2D eigenvalue weighted by atomic mass is 9.87. The van der Waals surface area contributed by atoms with Crippen LogP contribution >= 0.6 is 0 Å². The third kappa shape index (κ3) is 6.82. The van der Waals surface area contributed by atoms with E-state index >= 15 is 4.39 Å². The predicted molar refractivity (Wildman–Crippen MR) is 150 cm³/mol. The van der Waals surface area contributed by atoms with E-state index in [9.17, 15) is 4.79 Å². The molecular formula is C33H39FN2O2. The number of carbonyl (C=O) groups is 1. The van der Waals surface area contributed by atoms with Crippen LogP contribution in [-0.2, 0) is 17.9 Å². The second kappa shape index (κ2) is 12.6. The van der Waals surface area contributed by atoms with Crippen molar-refractivity contribution in [3.05, 3.63) is 101 Å². The number of piperidine rings is 1. The molecule has 2 saturated heterocycles. The number of benzene rings is 3. The van der Waals surface area contributed by atoms with Crippen LogP contribution < -0.4 is 4.74 Å². The van der Waals surface area contributed by atoms with Crippen molar-refractivity contribution in [1.82, 2.24) is 9.80 Å². The summed E-state index contributed by atoms with van der Waals surface area (Å²) in [5, 5.41) is 0. The van der Waals surface area contributed by atoms with Gasteiger partial charge in [-0.05, 0) is 74.5 Å². The molecule has 2 fully saturated rings. The van der Waals surface area contributed by atoms with E-state index in [-0.39, 0.29) is 17.7 Å².